The maximum Gasteiger partial charge on any atom is 0.329 e. The van der Waals surface area contributed by atoms with Crippen molar-refractivity contribution in [2.45, 2.75) is 13.3 Å². The molecule has 0 fully saturated rings. The highest BCUT2D eigenvalue weighted by Crippen LogP contribution is 2.24. The molecular weight excluding hydrogens is 358 g/mol. The molecule has 0 aromatic carbocycles. The Morgan fingerprint density at radius 1 is 1.43 bits per heavy atom. The highest BCUT2D eigenvalue weighted by molar-refractivity contribution is 9.11. The Balaban J connectivity index is 2.05. The Morgan fingerprint density at radius 3 is 2.86 bits per heavy atom. The van der Waals surface area contributed by atoms with Crippen molar-refractivity contribution in [3.63, 3.8) is 0 Å². The van der Waals surface area contributed by atoms with E-state index in [1.807, 2.05) is 19.1 Å². The van der Waals surface area contributed by atoms with Gasteiger partial charge in [-0.05, 0) is 41.4 Å². The minimum absolute atomic E-state index is 0.121. The van der Waals surface area contributed by atoms with E-state index in [0.717, 1.165) is 10.2 Å². The molecule has 0 radical (unpaired) electrons. The molecule has 9 heteroatoms. The van der Waals surface area contributed by atoms with Crippen molar-refractivity contribution in [2.24, 2.45) is 0 Å². The lowest BCUT2D eigenvalue weighted by Crippen LogP contribution is -2.11. The molecule has 0 unspecified atom stereocenters. The number of hydrogen-bond acceptors (Lipinski definition) is 7. The van der Waals surface area contributed by atoms with Crippen molar-refractivity contribution < 1.29 is 4.92 Å². The van der Waals surface area contributed by atoms with Gasteiger partial charge >= 0.3 is 5.69 Å². The lowest BCUT2D eigenvalue weighted by atomic mass is 10.3. The van der Waals surface area contributed by atoms with Gasteiger partial charge in [0.2, 0.25) is 11.8 Å². The summed E-state index contributed by atoms with van der Waals surface area (Å²) in [5.74, 6) is 0.617. The predicted molar refractivity (Wildman–Crippen MR) is 87.1 cm³/mol. The maximum atomic E-state index is 11.0. The molecule has 0 spiro atoms. The Hall–Kier alpha value is -1.74. The van der Waals surface area contributed by atoms with E-state index in [9.17, 15) is 10.1 Å². The van der Waals surface area contributed by atoms with Crippen LogP contribution in [-0.2, 0) is 6.42 Å². The van der Waals surface area contributed by atoms with Gasteiger partial charge in [0.05, 0.1) is 8.71 Å². The zero-order chi connectivity index (χ0) is 15.2. The number of halogens is 1. The van der Waals surface area contributed by atoms with E-state index in [4.69, 9.17) is 0 Å². The van der Waals surface area contributed by atoms with Gasteiger partial charge in [0.15, 0.2) is 0 Å². The standard InChI is InChI=1S/C12H14BrN5O2S/c1-2-14-12-16-7-9(18(19)20)11(17-12)15-6-5-8-3-4-10(13)21-8/h3-4,7H,2,5-6H2,1H3,(H2,14,15,16,17). The minimum atomic E-state index is -0.486. The summed E-state index contributed by atoms with van der Waals surface area (Å²) in [5.41, 5.74) is -0.121. The molecule has 112 valence electrons. The predicted octanol–water partition coefficient (Wildman–Crippen LogP) is 3.30. The first kappa shape index (κ1) is 15.6. The average molecular weight is 372 g/mol. The smallest absolute Gasteiger partial charge is 0.329 e. The average Bonchev–Trinajstić information content (AvgIpc) is 2.85. The third-order valence-electron chi connectivity index (χ3n) is 2.59. The summed E-state index contributed by atoms with van der Waals surface area (Å²) in [4.78, 5) is 19.7. The number of thiophene rings is 1. The SMILES string of the molecule is CCNc1ncc([N+](=O)[O-])c(NCCc2ccc(Br)s2)n1. The second-order valence-electron chi connectivity index (χ2n) is 4.10. The Labute approximate surface area is 134 Å². The van der Waals surface area contributed by atoms with E-state index in [2.05, 4.69) is 36.5 Å². The van der Waals surface area contributed by atoms with E-state index in [-0.39, 0.29) is 11.5 Å². The van der Waals surface area contributed by atoms with Gasteiger partial charge in [-0.1, -0.05) is 0 Å². The second kappa shape index (κ2) is 7.32. The molecule has 0 bridgehead atoms. The Bertz CT molecular complexity index is 634. The summed E-state index contributed by atoms with van der Waals surface area (Å²) < 4.78 is 1.07. The zero-order valence-corrected chi connectivity index (χ0v) is 13.7. The van der Waals surface area contributed by atoms with Crippen LogP contribution < -0.4 is 10.6 Å². The van der Waals surface area contributed by atoms with E-state index in [1.165, 1.54) is 11.1 Å². The second-order valence-corrected chi connectivity index (χ2v) is 6.65. The fraction of sp³-hybridized carbons (Fsp3) is 0.333. The quantitative estimate of drug-likeness (QED) is 0.572. The number of nitrogens with one attached hydrogen (secondary N) is 2. The number of nitro groups is 1. The monoisotopic (exact) mass is 371 g/mol. The first-order valence-electron chi connectivity index (χ1n) is 6.33. The van der Waals surface area contributed by atoms with Gasteiger partial charge in [0.25, 0.3) is 0 Å². The molecule has 7 nitrogen and oxygen atoms in total. The molecule has 2 rings (SSSR count). The summed E-state index contributed by atoms with van der Waals surface area (Å²) in [5, 5.41) is 16.9. The first-order chi connectivity index (χ1) is 10.1. The number of aromatic nitrogens is 2. The summed E-state index contributed by atoms with van der Waals surface area (Å²) in [6.07, 6.45) is 1.99. The summed E-state index contributed by atoms with van der Waals surface area (Å²) >= 11 is 5.05. The largest absolute Gasteiger partial charge is 0.364 e. The zero-order valence-electron chi connectivity index (χ0n) is 11.3. The van der Waals surface area contributed by atoms with E-state index >= 15 is 0 Å². The lowest BCUT2D eigenvalue weighted by molar-refractivity contribution is -0.384. The van der Waals surface area contributed by atoms with Crippen LogP contribution in [0.3, 0.4) is 0 Å². The molecule has 0 amide bonds. The molecule has 0 aliphatic carbocycles. The van der Waals surface area contributed by atoms with E-state index in [1.54, 1.807) is 11.3 Å². The van der Waals surface area contributed by atoms with Crippen LogP contribution in [0.1, 0.15) is 11.8 Å². The van der Waals surface area contributed by atoms with Gasteiger partial charge in [-0.15, -0.1) is 11.3 Å². The van der Waals surface area contributed by atoms with Gasteiger partial charge in [-0.2, -0.15) is 4.98 Å². The molecule has 0 saturated carbocycles. The fourth-order valence-electron chi connectivity index (χ4n) is 1.67. The fourth-order valence-corrected chi connectivity index (χ4v) is 3.16. The molecular formula is C12H14BrN5O2S. The Kier molecular flexibility index (Phi) is 5.45. The summed E-state index contributed by atoms with van der Waals surface area (Å²) in [7, 11) is 0. The molecule has 0 atom stereocenters. The van der Waals surface area contributed by atoms with Gasteiger partial charge in [-0.25, -0.2) is 4.98 Å². The van der Waals surface area contributed by atoms with Gasteiger partial charge in [-0.3, -0.25) is 10.1 Å². The number of rotatable bonds is 7. The van der Waals surface area contributed by atoms with Crippen LogP contribution in [0.4, 0.5) is 17.5 Å². The van der Waals surface area contributed by atoms with Crippen LogP contribution in [0.15, 0.2) is 22.1 Å². The molecule has 21 heavy (non-hydrogen) atoms. The molecule has 0 saturated heterocycles. The van der Waals surface area contributed by atoms with Crippen LogP contribution in [0, 0.1) is 10.1 Å². The molecule has 2 N–H and O–H groups in total. The van der Waals surface area contributed by atoms with Gasteiger partial charge in [0.1, 0.15) is 6.20 Å². The van der Waals surface area contributed by atoms with E-state index < -0.39 is 4.92 Å². The van der Waals surface area contributed by atoms with Crippen LogP contribution in [0.2, 0.25) is 0 Å². The third-order valence-corrected chi connectivity index (χ3v) is 4.28. The minimum Gasteiger partial charge on any atom is -0.364 e. The van der Waals surface area contributed by atoms with Crippen molar-refractivity contribution in [1.82, 2.24) is 9.97 Å². The highest BCUT2D eigenvalue weighted by Gasteiger charge is 2.16. The number of nitrogens with zero attached hydrogens (tertiary/aromatic N) is 3. The van der Waals surface area contributed by atoms with E-state index in [0.29, 0.717) is 19.0 Å². The Morgan fingerprint density at radius 2 is 2.24 bits per heavy atom. The third kappa shape index (κ3) is 4.36. The van der Waals surface area contributed by atoms with Crippen LogP contribution in [0.5, 0.6) is 0 Å². The highest BCUT2D eigenvalue weighted by atomic mass is 79.9. The number of hydrogen-bond donors (Lipinski definition) is 2. The topological polar surface area (TPSA) is 93.0 Å². The first-order valence-corrected chi connectivity index (χ1v) is 7.94. The van der Waals surface area contributed by atoms with Crippen LogP contribution >= 0.6 is 27.3 Å². The summed E-state index contributed by atoms with van der Waals surface area (Å²) in [6, 6.07) is 4.01. The van der Waals surface area contributed by atoms with Crippen molar-refractivity contribution in [2.75, 3.05) is 23.7 Å². The van der Waals surface area contributed by atoms with Crippen molar-refractivity contribution >= 4 is 44.7 Å². The maximum absolute atomic E-state index is 11.0. The van der Waals surface area contributed by atoms with Crippen LogP contribution in [0.25, 0.3) is 0 Å². The molecule has 0 aliphatic heterocycles. The van der Waals surface area contributed by atoms with Crippen molar-refractivity contribution in [3.05, 3.63) is 37.1 Å². The van der Waals surface area contributed by atoms with Crippen LogP contribution in [-0.4, -0.2) is 28.0 Å². The van der Waals surface area contributed by atoms with Gasteiger partial charge < -0.3 is 10.6 Å². The normalized spacial score (nSPS) is 10.4. The molecule has 2 aromatic rings. The lowest BCUT2D eigenvalue weighted by Gasteiger charge is -2.07. The molecule has 2 aromatic heterocycles. The van der Waals surface area contributed by atoms with Gasteiger partial charge in [0, 0.05) is 18.0 Å². The van der Waals surface area contributed by atoms with Crippen molar-refractivity contribution in [3.8, 4) is 0 Å². The molecule has 2 heterocycles. The summed E-state index contributed by atoms with van der Waals surface area (Å²) in [6.45, 7) is 3.13. The molecule has 0 aliphatic rings. The van der Waals surface area contributed by atoms with Crippen molar-refractivity contribution in [1.29, 1.82) is 0 Å². The number of anilines is 2.